The van der Waals surface area contributed by atoms with Crippen molar-refractivity contribution in [3.8, 4) is 0 Å². The summed E-state index contributed by atoms with van der Waals surface area (Å²) in [6.07, 6.45) is 6.03. The van der Waals surface area contributed by atoms with Crippen LogP contribution < -0.4 is 5.32 Å². The van der Waals surface area contributed by atoms with Crippen molar-refractivity contribution < 1.29 is 4.42 Å². The van der Waals surface area contributed by atoms with Crippen LogP contribution in [0.25, 0.3) is 0 Å². The number of furan rings is 1. The minimum atomic E-state index is 0.628. The van der Waals surface area contributed by atoms with E-state index in [1.165, 1.54) is 30.6 Å². The van der Waals surface area contributed by atoms with Gasteiger partial charge in [0.1, 0.15) is 11.5 Å². The van der Waals surface area contributed by atoms with Crippen molar-refractivity contribution in [2.45, 2.75) is 58.3 Å². The van der Waals surface area contributed by atoms with Gasteiger partial charge in [0.15, 0.2) is 0 Å². The predicted molar refractivity (Wildman–Crippen MR) is 87.2 cm³/mol. The van der Waals surface area contributed by atoms with Crippen LogP contribution in [0.5, 0.6) is 0 Å². The molecule has 1 saturated carbocycles. The zero-order chi connectivity index (χ0) is 14.5. The molecule has 1 aromatic rings. The summed E-state index contributed by atoms with van der Waals surface area (Å²) >= 11 is 1.92. The van der Waals surface area contributed by atoms with E-state index in [0.29, 0.717) is 6.04 Å². The summed E-state index contributed by atoms with van der Waals surface area (Å²) in [7, 11) is 2.20. The van der Waals surface area contributed by atoms with Gasteiger partial charge in [-0.2, -0.15) is 11.8 Å². The Morgan fingerprint density at radius 1 is 1.50 bits per heavy atom. The maximum atomic E-state index is 5.92. The molecule has 0 saturated heterocycles. The van der Waals surface area contributed by atoms with Crippen molar-refractivity contribution in [3.05, 3.63) is 23.2 Å². The molecule has 0 spiro atoms. The Morgan fingerprint density at radius 2 is 2.25 bits per heavy atom. The molecule has 1 atom stereocenters. The fraction of sp³-hybridized carbons (Fsp3) is 0.750. The summed E-state index contributed by atoms with van der Waals surface area (Å²) in [6, 6.07) is 3.61. The first-order valence-corrected chi connectivity index (χ1v) is 9.04. The summed E-state index contributed by atoms with van der Waals surface area (Å²) in [5, 5.41) is 3.56. The molecule has 0 radical (unpaired) electrons. The molecule has 0 aliphatic heterocycles. The summed E-state index contributed by atoms with van der Waals surface area (Å²) in [4.78, 5) is 2.41. The Hall–Kier alpha value is -0.450. The van der Waals surface area contributed by atoms with Gasteiger partial charge >= 0.3 is 0 Å². The molecule has 1 N–H and O–H groups in total. The number of hydrogen-bond acceptors (Lipinski definition) is 4. The van der Waals surface area contributed by atoms with Gasteiger partial charge in [0.25, 0.3) is 0 Å². The smallest absolute Gasteiger partial charge is 0.118 e. The van der Waals surface area contributed by atoms with Crippen LogP contribution in [0.3, 0.4) is 0 Å². The molecule has 1 heterocycles. The van der Waals surface area contributed by atoms with Crippen LogP contribution in [-0.2, 0) is 13.1 Å². The van der Waals surface area contributed by atoms with Gasteiger partial charge in [-0.25, -0.2) is 0 Å². The van der Waals surface area contributed by atoms with E-state index in [1.807, 2.05) is 11.8 Å². The van der Waals surface area contributed by atoms with Gasteiger partial charge in [0, 0.05) is 29.9 Å². The lowest BCUT2D eigenvalue weighted by molar-refractivity contribution is 0.227. The maximum Gasteiger partial charge on any atom is 0.118 e. The Balaban J connectivity index is 1.89. The molecule has 2 rings (SSSR count). The first-order valence-electron chi connectivity index (χ1n) is 7.64. The quantitative estimate of drug-likeness (QED) is 0.756. The van der Waals surface area contributed by atoms with Gasteiger partial charge in [0.05, 0.1) is 6.54 Å². The SMILES string of the molecule is CCC(CSC)N(C)Cc1cc(CNC2CC2)c(C)o1. The molecule has 1 unspecified atom stereocenters. The monoisotopic (exact) mass is 296 g/mol. The molecule has 1 fully saturated rings. The number of nitrogens with one attached hydrogen (secondary N) is 1. The highest BCUT2D eigenvalue weighted by Crippen LogP contribution is 2.22. The summed E-state index contributed by atoms with van der Waals surface area (Å²) in [5.74, 6) is 3.35. The number of nitrogens with zero attached hydrogens (tertiary/aromatic N) is 1. The van der Waals surface area contributed by atoms with Gasteiger partial charge in [0.2, 0.25) is 0 Å². The van der Waals surface area contributed by atoms with Gasteiger partial charge in [-0.3, -0.25) is 4.90 Å². The largest absolute Gasteiger partial charge is 0.465 e. The van der Waals surface area contributed by atoms with Crippen molar-refractivity contribution in [1.29, 1.82) is 0 Å². The lowest BCUT2D eigenvalue weighted by Crippen LogP contribution is -2.32. The second kappa shape index (κ2) is 7.53. The van der Waals surface area contributed by atoms with E-state index in [4.69, 9.17) is 4.42 Å². The third-order valence-electron chi connectivity index (χ3n) is 4.09. The average molecular weight is 296 g/mol. The van der Waals surface area contributed by atoms with Crippen LogP contribution in [0, 0.1) is 6.92 Å². The third-order valence-corrected chi connectivity index (χ3v) is 4.81. The first-order chi connectivity index (χ1) is 9.63. The van der Waals surface area contributed by atoms with Crippen LogP contribution in [0.15, 0.2) is 10.5 Å². The molecule has 1 aromatic heterocycles. The Bertz CT molecular complexity index is 415. The Morgan fingerprint density at radius 3 is 2.85 bits per heavy atom. The van der Waals surface area contributed by atoms with Gasteiger partial charge in [-0.15, -0.1) is 0 Å². The normalized spacial score (nSPS) is 16.9. The van der Waals surface area contributed by atoms with E-state index >= 15 is 0 Å². The molecular weight excluding hydrogens is 268 g/mol. The van der Waals surface area contributed by atoms with Crippen LogP contribution in [-0.4, -0.2) is 36.0 Å². The van der Waals surface area contributed by atoms with E-state index in [-0.39, 0.29) is 0 Å². The highest BCUT2D eigenvalue weighted by Gasteiger charge is 2.21. The summed E-state index contributed by atoms with van der Waals surface area (Å²) in [5.41, 5.74) is 1.32. The minimum absolute atomic E-state index is 0.628. The average Bonchev–Trinajstić information content (AvgIpc) is 3.18. The van der Waals surface area contributed by atoms with Crippen LogP contribution in [0.1, 0.15) is 43.3 Å². The van der Waals surface area contributed by atoms with Crippen molar-refractivity contribution in [2.24, 2.45) is 0 Å². The predicted octanol–water partition coefficient (Wildman–Crippen LogP) is 3.41. The zero-order valence-corrected chi connectivity index (χ0v) is 14.1. The molecular formula is C16H28N2OS. The number of thioether (sulfide) groups is 1. The summed E-state index contributed by atoms with van der Waals surface area (Å²) < 4.78 is 5.92. The van der Waals surface area contributed by atoms with Gasteiger partial charge in [-0.1, -0.05) is 6.92 Å². The Labute approximate surface area is 127 Å². The first kappa shape index (κ1) is 15.9. The van der Waals surface area contributed by atoms with Crippen molar-refractivity contribution in [2.75, 3.05) is 19.1 Å². The molecule has 0 amide bonds. The number of rotatable bonds is 9. The topological polar surface area (TPSA) is 28.4 Å². The Kier molecular flexibility index (Phi) is 6.00. The molecule has 1 aliphatic carbocycles. The molecule has 20 heavy (non-hydrogen) atoms. The lowest BCUT2D eigenvalue weighted by atomic mass is 10.2. The highest BCUT2D eigenvalue weighted by molar-refractivity contribution is 7.98. The standard InChI is InChI=1S/C16H28N2OS/c1-5-15(11-20-4)18(3)10-16-8-13(12(2)19-16)9-17-14-6-7-14/h8,14-15,17H,5-7,9-11H2,1-4H3. The van der Waals surface area contributed by atoms with Crippen molar-refractivity contribution in [1.82, 2.24) is 10.2 Å². The third kappa shape index (κ3) is 4.54. The molecule has 3 nitrogen and oxygen atoms in total. The van der Waals surface area contributed by atoms with Crippen LogP contribution >= 0.6 is 11.8 Å². The van der Waals surface area contributed by atoms with Crippen LogP contribution in [0.2, 0.25) is 0 Å². The van der Waals surface area contributed by atoms with E-state index in [2.05, 4.69) is 43.4 Å². The fourth-order valence-electron chi connectivity index (χ4n) is 2.51. The number of hydrogen-bond donors (Lipinski definition) is 1. The number of aryl methyl sites for hydroxylation is 1. The van der Waals surface area contributed by atoms with Gasteiger partial charge in [-0.05, 0) is 45.6 Å². The maximum absolute atomic E-state index is 5.92. The zero-order valence-electron chi connectivity index (χ0n) is 13.2. The highest BCUT2D eigenvalue weighted by atomic mass is 32.2. The molecule has 1 aliphatic rings. The van der Waals surface area contributed by atoms with Crippen LogP contribution in [0.4, 0.5) is 0 Å². The molecule has 114 valence electrons. The van der Waals surface area contributed by atoms with E-state index in [1.54, 1.807) is 0 Å². The van der Waals surface area contributed by atoms with E-state index in [9.17, 15) is 0 Å². The second-order valence-electron chi connectivity index (χ2n) is 5.88. The lowest BCUT2D eigenvalue weighted by Gasteiger charge is -2.25. The van der Waals surface area contributed by atoms with Crippen molar-refractivity contribution >= 4 is 11.8 Å². The minimum Gasteiger partial charge on any atom is -0.465 e. The molecule has 4 heteroatoms. The fourth-order valence-corrected chi connectivity index (χ4v) is 3.38. The van der Waals surface area contributed by atoms with E-state index in [0.717, 1.165) is 30.7 Å². The molecule has 0 aromatic carbocycles. The molecule has 0 bridgehead atoms. The van der Waals surface area contributed by atoms with Gasteiger partial charge < -0.3 is 9.73 Å². The second-order valence-corrected chi connectivity index (χ2v) is 6.79. The van der Waals surface area contributed by atoms with E-state index < -0.39 is 0 Å². The van der Waals surface area contributed by atoms with Crippen molar-refractivity contribution in [3.63, 3.8) is 0 Å². The summed E-state index contributed by atoms with van der Waals surface area (Å²) in [6.45, 7) is 6.19.